The lowest BCUT2D eigenvalue weighted by atomic mass is 9.83. The van der Waals surface area contributed by atoms with Crippen LogP contribution in [-0.2, 0) is 30.9 Å². The van der Waals surface area contributed by atoms with Crippen LogP contribution in [0.25, 0.3) is 0 Å². The molecular weight excluding hydrogens is 507 g/mol. The van der Waals surface area contributed by atoms with Gasteiger partial charge in [-0.15, -0.1) is 0 Å². The molecule has 0 saturated heterocycles. The van der Waals surface area contributed by atoms with E-state index >= 15 is 4.39 Å². The minimum absolute atomic E-state index is 0.0468. The average Bonchev–Trinajstić information content (AvgIpc) is 2.97. The Morgan fingerprint density at radius 1 is 0.900 bits per heavy atom. The first-order valence-corrected chi connectivity index (χ1v) is 13.5. The standard InChI is InChI=1S/C33H33FN2O4/c34-31-30-26(18-28(32(31)35-19-29(37)38)40-22-25-14-8-3-9-15-25)16-17-27(33(30)39)36(20-23-10-4-1-5-11-23)21-24-12-6-2-7-13-24/h1-15,18,27,33,35,39H,16-17,19-22H2,(H,37,38)/t27-,33+/m1/s1. The van der Waals surface area contributed by atoms with Gasteiger partial charge in [0.25, 0.3) is 0 Å². The third kappa shape index (κ3) is 6.50. The Kier molecular flexibility index (Phi) is 8.74. The first-order valence-electron chi connectivity index (χ1n) is 13.5. The van der Waals surface area contributed by atoms with Gasteiger partial charge in [-0.25, -0.2) is 4.39 Å². The van der Waals surface area contributed by atoms with Crippen molar-refractivity contribution < 1.29 is 24.1 Å². The van der Waals surface area contributed by atoms with Crippen molar-refractivity contribution in [2.24, 2.45) is 0 Å². The van der Waals surface area contributed by atoms with Crippen molar-refractivity contribution in [1.82, 2.24) is 4.90 Å². The number of carbonyl (C=O) groups is 1. The lowest BCUT2D eigenvalue weighted by Crippen LogP contribution is -2.42. The van der Waals surface area contributed by atoms with Crippen molar-refractivity contribution in [3.63, 3.8) is 0 Å². The second-order valence-electron chi connectivity index (χ2n) is 10.1. The van der Waals surface area contributed by atoms with Crippen molar-refractivity contribution in [2.75, 3.05) is 11.9 Å². The number of halogens is 1. The Balaban J connectivity index is 1.47. The van der Waals surface area contributed by atoms with E-state index in [9.17, 15) is 15.0 Å². The zero-order valence-corrected chi connectivity index (χ0v) is 22.2. The van der Waals surface area contributed by atoms with Crippen molar-refractivity contribution >= 4 is 11.7 Å². The molecule has 0 amide bonds. The second-order valence-corrected chi connectivity index (χ2v) is 10.1. The van der Waals surface area contributed by atoms with Crippen molar-refractivity contribution in [1.29, 1.82) is 0 Å². The van der Waals surface area contributed by atoms with Crippen LogP contribution in [0.3, 0.4) is 0 Å². The predicted octanol–water partition coefficient (Wildman–Crippen LogP) is 5.95. The molecule has 4 aromatic carbocycles. The molecule has 5 rings (SSSR count). The fourth-order valence-corrected chi connectivity index (χ4v) is 5.36. The Labute approximate surface area is 233 Å². The number of rotatable bonds is 11. The smallest absolute Gasteiger partial charge is 0.322 e. The number of nitrogens with one attached hydrogen (secondary N) is 1. The van der Waals surface area contributed by atoms with Gasteiger partial charge in [-0.3, -0.25) is 9.69 Å². The average molecular weight is 541 g/mol. The summed E-state index contributed by atoms with van der Waals surface area (Å²) in [6.07, 6.45) is 0.0761. The third-order valence-corrected chi connectivity index (χ3v) is 7.30. The topological polar surface area (TPSA) is 82.0 Å². The van der Waals surface area contributed by atoms with Crippen LogP contribution in [0.5, 0.6) is 5.75 Å². The lowest BCUT2D eigenvalue weighted by molar-refractivity contribution is -0.134. The molecule has 2 atom stereocenters. The first-order chi connectivity index (χ1) is 19.5. The van der Waals surface area contributed by atoms with Crippen LogP contribution >= 0.6 is 0 Å². The number of hydrogen-bond donors (Lipinski definition) is 3. The van der Waals surface area contributed by atoms with E-state index in [0.717, 1.165) is 16.7 Å². The minimum Gasteiger partial charge on any atom is -0.487 e. The number of benzene rings is 4. The molecule has 7 heteroatoms. The van der Waals surface area contributed by atoms with Gasteiger partial charge in [-0.2, -0.15) is 0 Å². The number of aryl methyl sites for hydroxylation is 1. The molecule has 0 spiro atoms. The molecule has 206 valence electrons. The van der Waals surface area contributed by atoms with Crippen molar-refractivity contribution in [3.05, 3.63) is 131 Å². The van der Waals surface area contributed by atoms with Crippen LogP contribution in [0.1, 0.15) is 40.3 Å². The normalized spacial score (nSPS) is 16.4. The Morgan fingerprint density at radius 3 is 2.00 bits per heavy atom. The quantitative estimate of drug-likeness (QED) is 0.218. The van der Waals surface area contributed by atoms with Crippen LogP contribution in [0.4, 0.5) is 10.1 Å². The third-order valence-electron chi connectivity index (χ3n) is 7.30. The van der Waals surface area contributed by atoms with E-state index in [2.05, 4.69) is 10.2 Å². The SMILES string of the molecule is O=C(O)CNc1c(OCc2ccccc2)cc2c(c1F)[C@@H](O)[C@H](N(Cc1ccccc1)Cc1ccccc1)CC2. The molecule has 0 aliphatic heterocycles. The summed E-state index contributed by atoms with van der Waals surface area (Å²) < 4.78 is 22.2. The number of nitrogens with zero attached hydrogens (tertiary/aromatic N) is 1. The zero-order chi connectivity index (χ0) is 27.9. The van der Waals surface area contributed by atoms with E-state index < -0.39 is 24.4 Å². The van der Waals surface area contributed by atoms with E-state index in [1.54, 1.807) is 6.07 Å². The summed E-state index contributed by atoms with van der Waals surface area (Å²) >= 11 is 0. The number of aliphatic hydroxyl groups is 1. The maximum absolute atomic E-state index is 16.2. The number of ether oxygens (including phenoxy) is 1. The summed E-state index contributed by atoms with van der Waals surface area (Å²) in [5, 5.41) is 23.6. The highest BCUT2D eigenvalue weighted by Crippen LogP contribution is 2.42. The number of carboxylic acids is 1. The highest BCUT2D eigenvalue weighted by molar-refractivity contribution is 5.75. The fourth-order valence-electron chi connectivity index (χ4n) is 5.36. The molecule has 0 bridgehead atoms. The molecule has 4 aromatic rings. The zero-order valence-electron chi connectivity index (χ0n) is 22.2. The molecule has 0 unspecified atom stereocenters. The monoisotopic (exact) mass is 540 g/mol. The number of fused-ring (bicyclic) bond motifs is 1. The van der Waals surface area contributed by atoms with Gasteiger partial charge >= 0.3 is 5.97 Å². The van der Waals surface area contributed by atoms with Crippen molar-refractivity contribution in [3.8, 4) is 5.75 Å². The van der Waals surface area contributed by atoms with E-state index in [4.69, 9.17) is 4.74 Å². The van der Waals surface area contributed by atoms with E-state index in [0.29, 0.717) is 31.5 Å². The van der Waals surface area contributed by atoms with Crippen LogP contribution in [0, 0.1) is 5.82 Å². The summed E-state index contributed by atoms with van der Waals surface area (Å²) in [7, 11) is 0. The van der Waals surface area contributed by atoms with Gasteiger partial charge in [0.2, 0.25) is 0 Å². The predicted molar refractivity (Wildman–Crippen MR) is 152 cm³/mol. The summed E-state index contributed by atoms with van der Waals surface area (Å²) in [6, 6.07) is 31.0. The van der Waals surface area contributed by atoms with Gasteiger partial charge in [0.15, 0.2) is 5.82 Å². The highest BCUT2D eigenvalue weighted by atomic mass is 19.1. The van der Waals surface area contributed by atoms with Crippen molar-refractivity contribution in [2.45, 2.75) is 44.7 Å². The van der Waals surface area contributed by atoms with Gasteiger partial charge in [-0.05, 0) is 41.2 Å². The van der Waals surface area contributed by atoms with Crippen LogP contribution in [0.2, 0.25) is 0 Å². The number of aliphatic carboxylic acids is 1. The largest absolute Gasteiger partial charge is 0.487 e. The molecule has 40 heavy (non-hydrogen) atoms. The highest BCUT2D eigenvalue weighted by Gasteiger charge is 2.36. The van der Waals surface area contributed by atoms with Gasteiger partial charge in [0.1, 0.15) is 24.6 Å². The van der Waals surface area contributed by atoms with Crippen LogP contribution in [-0.4, -0.2) is 33.7 Å². The molecule has 3 N–H and O–H groups in total. The summed E-state index contributed by atoms with van der Waals surface area (Å²) in [5.41, 5.74) is 3.93. The molecular formula is C33H33FN2O4. The number of anilines is 1. The molecule has 0 fully saturated rings. The maximum Gasteiger partial charge on any atom is 0.322 e. The molecule has 0 aromatic heterocycles. The second kappa shape index (κ2) is 12.8. The summed E-state index contributed by atoms with van der Waals surface area (Å²) in [4.78, 5) is 13.5. The van der Waals surface area contributed by atoms with E-state index in [-0.39, 0.29) is 29.6 Å². The molecule has 1 aliphatic rings. The van der Waals surface area contributed by atoms with Gasteiger partial charge in [-0.1, -0.05) is 91.0 Å². The maximum atomic E-state index is 16.2. The molecule has 0 saturated carbocycles. The van der Waals surface area contributed by atoms with Crippen LogP contribution in [0.15, 0.2) is 97.1 Å². The minimum atomic E-state index is -1.12. The van der Waals surface area contributed by atoms with Gasteiger partial charge in [0, 0.05) is 24.7 Å². The lowest BCUT2D eigenvalue weighted by Gasteiger charge is -2.39. The molecule has 6 nitrogen and oxygen atoms in total. The van der Waals surface area contributed by atoms with Gasteiger partial charge in [0.05, 0.1) is 6.10 Å². The Hall–Kier alpha value is -4.20. The number of aliphatic hydroxyl groups excluding tert-OH is 1. The first kappa shape index (κ1) is 27.4. The van der Waals surface area contributed by atoms with E-state index in [1.807, 2.05) is 91.0 Å². The molecule has 0 heterocycles. The van der Waals surface area contributed by atoms with Crippen LogP contribution < -0.4 is 10.1 Å². The Morgan fingerprint density at radius 2 is 1.45 bits per heavy atom. The number of carboxylic acid groups (broad SMARTS) is 1. The van der Waals surface area contributed by atoms with Gasteiger partial charge < -0.3 is 20.3 Å². The molecule has 1 aliphatic carbocycles. The summed E-state index contributed by atoms with van der Waals surface area (Å²) in [6.45, 7) is 0.909. The van der Waals surface area contributed by atoms with E-state index in [1.165, 1.54) is 0 Å². The number of hydrogen-bond acceptors (Lipinski definition) is 5. The molecule has 0 radical (unpaired) electrons. The fraction of sp³-hybridized carbons (Fsp3) is 0.242. The Bertz CT molecular complexity index is 1380. The summed E-state index contributed by atoms with van der Waals surface area (Å²) in [5.74, 6) is -1.56.